The van der Waals surface area contributed by atoms with Crippen molar-refractivity contribution in [3.05, 3.63) is 94.5 Å². The Bertz CT molecular complexity index is 1390. The molecule has 3 aromatic rings. The Balaban J connectivity index is 2.02. The fourth-order valence-corrected chi connectivity index (χ4v) is 5.52. The van der Waals surface area contributed by atoms with Crippen LogP contribution in [0.5, 0.6) is 0 Å². The fourth-order valence-electron chi connectivity index (χ4n) is 3.98. The SMILES string of the molecule is CC[C@@H](C)NC(=O)[C@@H](C)N(Cc1ccc(Cl)cc1)C(=O)CN(c1cccc(C)c1)S(=O)(=O)c1ccc(C)cc1. The van der Waals surface area contributed by atoms with Crippen molar-refractivity contribution in [3.8, 4) is 0 Å². The third-order valence-corrected chi connectivity index (χ3v) is 8.65. The number of carbonyl (C=O) groups excluding carboxylic acids is 2. The minimum absolute atomic E-state index is 0.0712. The molecule has 2 atom stereocenters. The number of rotatable bonds is 11. The molecule has 208 valence electrons. The molecule has 1 N–H and O–H groups in total. The first kappa shape index (κ1) is 30.2. The fraction of sp³-hybridized carbons (Fsp3) is 0.333. The van der Waals surface area contributed by atoms with Gasteiger partial charge in [0.05, 0.1) is 10.6 Å². The molecule has 0 radical (unpaired) electrons. The maximum absolute atomic E-state index is 13.9. The zero-order valence-electron chi connectivity index (χ0n) is 23.0. The summed E-state index contributed by atoms with van der Waals surface area (Å²) in [6.07, 6.45) is 0.736. The molecule has 0 aliphatic rings. The smallest absolute Gasteiger partial charge is 0.264 e. The summed E-state index contributed by atoms with van der Waals surface area (Å²) < 4.78 is 28.8. The summed E-state index contributed by atoms with van der Waals surface area (Å²) in [5.74, 6) is -0.816. The van der Waals surface area contributed by atoms with E-state index in [4.69, 9.17) is 11.6 Å². The number of benzene rings is 3. The highest BCUT2D eigenvalue weighted by Crippen LogP contribution is 2.26. The van der Waals surface area contributed by atoms with E-state index in [-0.39, 0.29) is 23.4 Å². The van der Waals surface area contributed by atoms with Gasteiger partial charge < -0.3 is 10.2 Å². The van der Waals surface area contributed by atoms with Gasteiger partial charge in [-0.05, 0) is 81.6 Å². The summed E-state index contributed by atoms with van der Waals surface area (Å²) in [5, 5.41) is 3.48. The van der Waals surface area contributed by atoms with Crippen LogP contribution < -0.4 is 9.62 Å². The van der Waals surface area contributed by atoms with E-state index >= 15 is 0 Å². The predicted molar refractivity (Wildman–Crippen MR) is 156 cm³/mol. The van der Waals surface area contributed by atoms with Crippen LogP contribution in [-0.2, 0) is 26.2 Å². The molecule has 7 nitrogen and oxygen atoms in total. The van der Waals surface area contributed by atoms with Crippen LogP contribution >= 0.6 is 11.6 Å². The molecule has 2 amide bonds. The number of nitrogens with zero attached hydrogens (tertiary/aromatic N) is 2. The molecular weight excluding hydrogens is 534 g/mol. The maximum atomic E-state index is 13.9. The van der Waals surface area contributed by atoms with E-state index in [1.807, 2.05) is 33.8 Å². The van der Waals surface area contributed by atoms with Crippen molar-refractivity contribution in [2.45, 2.75) is 64.6 Å². The van der Waals surface area contributed by atoms with E-state index in [2.05, 4.69) is 5.32 Å². The third-order valence-electron chi connectivity index (χ3n) is 6.61. The summed E-state index contributed by atoms with van der Waals surface area (Å²) in [4.78, 5) is 28.5. The van der Waals surface area contributed by atoms with Crippen LogP contribution in [0.15, 0.2) is 77.7 Å². The van der Waals surface area contributed by atoms with E-state index in [9.17, 15) is 18.0 Å². The van der Waals surface area contributed by atoms with Gasteiger partial charge in [-0.25, -0.2) is 8.42 Å². The highest BCUT2D eigenvalue weighted by Gasteiger charge is 2.32. The topological polar surface area (TPSA) is 86.8 Å². The van der Waals surface area contributed by atoms with Gasteiger partial charge in [0.15, 0.2) is 0 Å². The van der Waals surface area contributed by atoms with Crippen molar-refractivity contribution in [2.24, 2.45) is 0 Å². The molecule has 0 spiro atoms. The first-order valence-electron chi connectivity index (χ1n) is 12.9. The summed E-state index contributed by atoms with van der Waals surface area (Å²) in [5.41, 5.74) is 2.90. The molecule has 0 aromatic heterocycles. The van der Waals surface area contributed by atoms with Gasteiger partial charge in [0.25, 0.3) is 10.0 Å². The number of carbonyl (C=O) groups is 2. The lowest BCUT2D eigenvalue weighted by molar-refractivity contribution is -0.139. The second-order valence-electron chi connectivity index (χ2n) is 9.81. The predicted octanol–water partition coefficient (Wildman–Crippen LogP) is 5.48. The Morgan fingerprint density at radius 3 is 2.15 bits per heavy atom. The lowest BCUT2D eigenvalue weighted by atomic mass is 10.1. The Morgan fingerprint density at radius 1 is 0.923 bits per heavy atom. The molecular formula is C30H36ClN3O4S. The number of hydrogen-bond donors (Lipinski definition) is 1. The van der Waals surface area contributed by atoms with Gasteiger partial charge in [0.2, 0.25) is 11.8 Å². The second-order valence-corrected chi connectivity index (χ2v) is 12.1. The number of halogens is 1. The largest absolute Gasteiger partial charge is 0.352 e. The zero-order valence-corrected chi connectivity index (χ0v) is 24.6. The van der Waals surface area contributed by atoms with Gasteiger partial charge in [0, 0.05) is 17.6 Å². The van der Waals surface area contributed by atoms with Crippen molar-refractivity contribution in [2.75, 3.05) is 10.8 Å². The van der Waals surface area contributed by atoms with Crippen LogP contribution in [-0.4, -0.2) is 43.8 Å². The average Bonchev–Trinajstić information content (AvgIpc) is 2.90. The van der Waals surface area contributed by atoms with Crippen molar-refractivity contribution in [3.63, 3.8) is 0 Å². The minimum Gasteiger partial charge on any atom is -0.352 e. The van der Waals surface area contributed by atoms with Gasteiger partial charge in [-0.2, -0.15) is 0 Å². The highest BCUT2D eigenvalue weighted by atomic mass is 35.5. The van der Waals surface area contributed by atoms with Crippen molar-refractivity contribution in [1.29, 1.82) is 0 Å². The molecule has 0 heterocycles. The quantitative estimate of drug-likeness (QED) is 0.331. The first-order valence-corrected chi connectivity index (χ1v) is 14.7. The van der Waals surface area contributed by atoms with E-state index in [0.717, 1.165) is 27.4 Å². The van der Waals surface area contributed by atoms with E-state index in [1.165, 1.54) is 17.0 Å². The third kappa shape index (κ3) is 7.83. The van der Waals surface area contributed by atoms with E-state index < -0.39 is 28.5 Å². The van der Waals surface area contributed by atoms with Gasteiger partial charge in [-0.15, -0.1) is 0 Å². The van der Waals surface area contributed by atoms with Gasteiger partial charge >= 0.3 is 0 Å². The summed E-state index contributed by atoms with van der Waals surface area (Å²) >= 11 is 6.05. The Morgan fingerprint density at radius 2 is 1.56 bits per heavy atom. The molecule has 0 unspecified atom stereocenters. The van der Waals surface area contributed by atoms with Gasteiger partial charge in [-0.1, -0.05) is 60.5 Å². The molecule has 0 aliphatic carbocycles. The van der Waals surface area contributed by atoms with Crippen molar-refractivity contribution in [1.82, 2.24) is 10.2 Å². The van der Waals surface area contributed by atoms with Crippen molar-refractivity contribution < 1.29 is 18.0 Å². The van der Waals surface area contributed by atoms with Crippen LogP contribution in [0.1, 0.15) is 43.9 Å². The minimum atomic E-state index is -4.10. The number of anilines is 1. The number of sulfonamides is 1. The average molecular weight is 570 g/mol. The molecule has 0 saturated heterocycles. The van der Waals surface area contributed by atoms with Crippen LogP contribution in [0.2, 0.25) is 5.02 Å². The van der Waals surface area contributed by atoms with Crippen molar-refractivity contribution >= 4 is 39.1 Å². The lowest BCUT2D eigenvalue weighted by Crippen LogP contribution is -2.52. The lowest BCUT2D eigenvalue weighted by Gasteiger charge is -2.32. The standard InChI is InChI=1S/C30H36ClN3O4S/c1-6-23(4)32-30(36)24(5)33(19-25-12-14-26(31)15-13-25)29(35)20-34(27-9-7-8-22(3)18-27)39(37,38)28-16-10-21(2)11-17-28/h7-18,23-24H,6,19-20H2,1-5H3,(H,32,36)/t23-,24-/m1/s1. The van der Waals surface area contributed by atoms with E-state index in [0.29, 0.717) is 10.7 Å². The van der Waals surface area contributed by atoms with Gasteiger partial charge in [-0.3, -0.25) is 13.9 Å². The van der Waals surface area contributed by atoms with Crippen LogP contribution in [0, 0.1) is 13.8 Å². The molecule has 0 saturated carbocycles. The number of hydrogen-bond acceptors (Lipinski definition) is 4. The molecule has 0 fully saturated rings. The Labute approximate surface area is 236 Å². The van der Waals surface area contributed by atoms with E-state index in [1.54, 1.807) is 61.5 Å². The van der Waals surface area contributed by atoms with Crippen LogP contribution in [0.4, 0.5) is 5.69 Å². The molecule has 9 heteroatoms. The molecule has 3 rings (SSSR count). The second kappa shape index (κ2) is 13.1. The molecule has 39 heavy (non-hydrogen) atoms. The van der Waals surface area contributed by atoms with Gasteiger partial charge in [0.1, 0.15) is 12.6 Å². The Kier molecular flexibility index (Phi) is 10.2. The zero-order chi connectivity index (χ0) is 28.7. The highest BCUT2D eigenvalue weighted by molar-refractivity contribution is 7.92. The molecule has 0 bridgehead atoms. The molecule has 0 aliphatic heterocycles. The Hall–Kier alpha value is -3.36. The molecule has 3 aromatic carbocycles. The summed E-state index contributed by atoms with van der Waals surface area (Å²) in [6, 6.07) is 19.6. The number of nitrogens with one attached hydrogen (secondary N) is 1. The number of amides is 2. The maximum Gasteiger partial charge on any atom is 0.264 e. The normalized spacial score (nSPS) is 12.9. The van der Waals surface area contributed by atoms with Crippen LogP contribution in [0.3, 0.4) is 0 Å². The first-order chi connectivity index (χ1) is 18.4. The monoisotopic (exact) mass is 569 g/mol. The number of aryl methyl sites for hydroxylation is 2. The van der Waals surface area contributed by atoms with Crippen LogP contribution in [0.25, 0.3) is 0 Å². The summed E-state index contributed by atoms with van der Waals surface area (Å²) in [7, 11) is -4.10. The summed E-state index contributed by atoms with van der Waals surface area (Å²) in [6.45, 7) is 8.86.